The van der Waals surface area contributed by atoms with Crippen molar-refractivity contribution >= 4 is 15.9 Å². The highest BCUT2D eigenvalue weighted by molar-refractivity contribution is 9.09. The van der Waals surface area contributed by atoms with E-state index < -0.39 is 11.6 Å². The molecule has 1 unspecified atom stereocenters. The molecule has 0 amide bonds. The van der Waals surface area contributed by atoms with E-state index in [9.17, 15) is 8.78 Å². The van der Waals surface area contributed by atoms with Crippen molar-refractivity contribution in [3.63, 3.8) is 0 Å². The fourth-order valence-corrected chi connectivity index (χ4v) is 3.22. The first-order valence-corrected chi connectivity index (χ1v) is 6.62. The molecule has 1 saturated carbocycles. The van der Waals surface area contributed by atoms with Gasteiger partial charge in [0.25, 0.3) is 0 Å². The molecule has 0 aliphatic heterocycles. The van der Waals surface area contributed by atoms with E-state index in [1.54, 1.807) is 7.11 Å². The molecule has 0 radical (unpaired) electrons. The summed E-state index contributed by atoms with van der Waals surface area (Å²) >= 11 is 3.47. The highest BCUT2D eigenvalue weighted by Crippen LogP contribution is 2.44. The van der Waals surface area contributed by atoms with Crippen molar-refractivity contribution in [2.24, 2.45) is 0 Å². The van der Waals surface area contributed by atoms with Crippen LogP contribution in [0.5, 0.6) is 0 Å². The van der Waals surface area contributed by atoms with Gasteiger partial charge < -0.3 is 4.74 Å². The summed E-state index contributed by atoms with van der Waals surface area (Å²) in [6, 6.07) is 3.70. The maximum Gasteiger partial charge on any atom is 0.130 e. The second-order valence-electron chi connectivity index (χ2n) is 4.58. The molecule has 1 aromatic carbocycles. The summed E-state index contributed by atoms with van der Waals surface area (Å²) < 4.78 is 31.9. The van der Waals surface area contributed by atoms with Crippen LogP contribution in [0.2, 0.25) is 0 Å². The van der Waals surface area contributed by atoms with Gasteiger partial charge in [-0.2, -0.15) is 0 Å². The first kappa shape index (κ1) is 13.0. The molecule has 1 atom stereocenters. The predicted molar refractivity (Wildman–Crippen MR) is 66.2 cm³/mol. The summed E-state index contributed by atoms with van der Waals surface area (Å²) in [7, 11) is 1.69. The Morgan fingerprint density at radius 3 is 2.59 bits per heavy atom. The maximum absolute atomic E-state index is 13.6. The molecule has 0 saturated heterocycles. The highest BCUT2D eigenvalue weighted by atomic mass is 79.9. The minimum absolute atomic E-state index is 0.130. The summed E-state index contributed by atoms with van der Waals surface area (Å²) in [6.45, 7) is 0. The molecule has 0 bridgehead atoms. The van der Waals surface area contributed by atoms with Crippen LogP contribution >= 0.6 is 15.9 Å². The molecular formula is C13H15BrF2O. The van der Waals surface area contributed by atoms with Crippen LogP contribution in [0.4, 0.5) is 8.78 Å². The lowest BCUT2D eigenvalue weighted by Crippen LogP contribution is -2.39. The number of ether oxygens (including phenoxy) is 1. The summed E-state index contributed by atoms with van der Waals surface area (Å²) in [5.74, 6) is -1.05. The monoisotopic (exact) mass is 304 g/mol. The van der Waals surface area contributed by atoms with E-state index in [1.807, 2.05) is 0 Å². The summed E-state index contributed by atoms with van der Waals surface area (Å²) in [5, 5.41) is 0. The Morgan fingerprint density at radius 1 is 1.41 bits per heavy atom. The van der Waals surface area contributed by atoms with E-state index in [0.29, 0.717) is 12.0 Å². The standard InChI is InChI=1S/C13H15BrF2O/c1-17-13(5-2-6-13)8-11(14)10-4-3-9(15)7-12(10)16/h3-4,7,11H,2,5-6,8H2,1H3. The molecule has 0 aromatic heterocycles. The van der Waals surface area contributed by atoms with Gasteiger partial charge in [-0.25, -0.2) is 8.78 Å². The molecule has 1 aliphatic carbocycles. The number of hydrogen-bond donors (Lipinski definition) is 0. The summed E-state index contributed by atoms with van der Waals surface area (Å²) in [5.41, 5.74) is 0.365. The van der Waals surface area contributed by atoms with Crippen molar-refractivity contribution in [1.82, 2.24) is 0 Å². The molecule has 1 aromatic rings. The van der Waals surface area contributed by atoms with Crippen LogP contribution in [-0.2, 0) is 4.74 Å². The second-order valence-corrected chi connectivity index (χ2v) is 5.68. The lowest BCUT2D eigenvalue weighted by molar-refractivity contribution is -0.0774. The number of rotatable bonds is 4. The SMILES string of the molecule is COC1(CC(Br)c2ccc(F)cc2F)CCC1. The van der Waals surface area contributed by atoms with E-state index in [4.69, 9.17) is 4.74 Å². The smallest absolute Gasteiger partial charge is 0.130 e. The quantitative estimate of drug-likeness (QED) is 0.751. The minimum Gasteiger partial charge on any atom is -0.378 e. The zero-order chi connectivity index (χ0) is 12.5. The van der Waals surface area contributed by atoms with Crippen LogP contribution < -0.4 is 0 Å². The van der Waals surface area contributed by atoms with Crippen LogP contribution in [-0.4, -0.2) is 12.7 Å². The molecule has 1 nitrogen and oxygen atoms in total. The average Bonchev–Trinajstić information content (AvgIpc) is 2.23. The predicted octanol–water partition coefficient (Wildman–Crippen LogP) is 4.36. The van der Waals surface area contributed by atoms with Crippen molar-refractivity contribution in [1.29, 1.82) is 0 Å². The van der Waals surface area contributed by atoms with Crippen LogP contribution in [0, 0.1) is 11.6 Å². The number of methoxy groups -OCH3 is 1. The molecule has 0 spiro atoms. The van der Waals surface area contributed by atoms with Gasteiger partial charge in [-0.1, -0.05) is 22.0 Å². The van der Waals surface area contributed by atoms with E-state index in [0.717, 1.165) is 25.3 Å². The average molecular weight is 305 g/mol. The Balaban J connectivity index is 2.11. The van der Waals surface area contributed by atoms with Gasteiger partial charge in [-0.15, -0.1) is 0 Å². The second kappa shape index (κ2) is 5.02. The molecule has 17 heavy (non-hydrogen) atoms. The molecule has 2 rings (SSSR count). The number of hydrogen-bond acceptors (Lipinski definition) is 1. The van der Waals surface area contributed by atoms with Gasteiger partial charge in [0.1, 0.15) is 11.6 Å². The molecular weight excluding hydrogens is 290 g/mol. The van der Waals surface area contributed by atoms with Gasteiger partial charge in [0.05, 0.1) is 5.60 Å². The van der Waals surface area contributed by atoms with Crippen molar-refractivity contribution in [3.8, 4) is 0 Å². The van der Waals surface area contributed by atoms with Crippen LogP contribution in [0.25, 0.3) is 0 Å². The third kappa shape index (κ3) is 2.68. The van der Waals surface area contributed by atoms with E-state index >= 15 is 0 Å². The molecule has 0 N–H and O–H groups in total. The van der Waals surface area contributed by atoms with Gasteiger partial charge >= 0.3 is 0 Å². The lowest BCUT2D eigenvalue weighted by atomic mass is 9.76. The minimum atomic E-state index is -0.545. The molecule has 0 heterocycles. The molecule has 1 fully saturated rings. The summed E-state index contributed by atoms with van der Waals surface area (Å²) in [4.78, 5) is -0.136. The number of benzene rings is 1. The molecule has 94 valence electrons. The van der Waals surface area contributed by atoms with Gasteiger partial charge in [0, 0.05) is 23.6 Å². The van der Waals surface area contributed by atoms with E-state index in [-0.39, 0.29) is 10.4 Å². The summed E-state index contributed by atoms with van der Waals surface area (Å²) in [6.07, 6.45) is 3.88. The van der Waals surface area contributed by atoms with E-state index in [1.165, 1.54) is 12.1 Å². The molecule has 4 heteroatoms. The Hall–Kier alpha value is -0.480. The van der Waals surface area contributed by atoms with Gasteiger partial charge in [0.2, 0.25) is 0 Å². The number of alkyl halides is 1. The number of halogens is 3. The van der Waals surface area contributed by atoms with Crippen molar-refractivity contribution < 1.29 is 13.5 Å². The van der Waals surface area contributed by atoms with Gasteiger partial charge in [-0.3, -0.25) is 0 Å². The van der Waals surface area contributed by atoms with Crippen LogP contribution in [0.15, 0.2) is 18.2 Å². The van der Waals surface area contributed by atoms with Crippen molar-refractivity contribution in [2.45, 2.75) is 36.1 Å². The zero-order valence-electron chi connectivity index (χ0n) is 9.68. The van der Waals surface area contributed by atoms with Crippen molar-refractivity contribution in [3.05, 3.63) is 35.4 Å². The highest BCUT2D eigenvalue weighted by Gasteiger charge is 2.39. The Bertz CT molecular complexity index is 399. The molecule has 1 aliphatic rings. The zero-order valence-corrected chi connectivity index (χ0v) is 11.3. The lowest BCUT2D eigenvalue weighted by Gasteiger charge is -2.42. The first-order valence-electron chi connectivity index (χ1n) is 5.70. The van der Waals surface area contributed by atoms with Crippen LogP contribution in [0.1, 0.15) is 36.1 Å². The third-order valence-corrected chi connectivity index (χ3v) is 4.37. The maximum atomic E-state index is 13.6. The Morgan fingerprint density at radius 2 is 2.12 bits per heavy atom. The van der Waals surface area contributed by atoms with Crippen molar-refractivity contribution in [2.75, 3.05) is 7.11 Å². The van der Waals surface area contributed by atoms with Gasteiger partial charge in [0.15, 0.2) is 0 Å². The fraction of sp³-hybridized carbons (Fsp3) is 0.538. The normalized spacial score (nSPS) is 19.8. The van der Waals surface area contributed by atoms with Crippen LogP contribution in [0.3, 0.4) is 0 Å². The van der Waals surface area contributed by atoms with Gasteiger partial charge in [-0.05, 0) is 31.7 Å². The van der Waals surface area contributed by atoms with E-state index in [2.05, 4.69) is 15.9 Å². The largest absolute Gasteiger partial charge is 0.378 e. The Kier molecular flexibility index (Phi) is 3.83. The Labute approximate surface area is 108 Å². The fourth-order valence-electron chi connectivity index (χ4n) is 2.25. The topological polar surface area (TPSA) is 9.23 Å². The first-order chi connectivity index (χ1) is 8.06. The third-order valence-electron chi connectivity index (χ3n) is 3.55.